The van der Waals surface area contributed by atoms with Crippen molar-refractivity contribution < 1.29 is 9.53 Å². The lowest BCUT2D eigenvalue weighted by atomic mass is 10.1. The molecule has 0 aliphatic carbocycles. The number of ether oxygens (including phenoxy) is 1. The largest absolute Gasteiger partial charge is 0.379 e. The van der Waals surface area contributed by atoms with Crippen LogP contribution in [0, 0.1) is 0 Å². The molecular weight excluding hydrogens is 316 g/mol. The number of carbonyl (C=O) groups is 1. The fourth-order valence-corrected chi connectivity index (χ4v) is 3.64. The van der Waals surface area contributed by atoms with E-state index in [1.54, 1.807) is 6.07 Å². The number of aliphatic imine (C=N–C) groups is 1. The minimum Gasteiger partial charge on any atom is -0.379 e. The van der Waals surface area contributed by atoms with Crippen LogP contribution in [0.25, 0.3) is 21.8 Å². The molecule has 2 aromatic carbocycles. The first-order valence-corrected chi connectivity index (χ1v) is 8.39. The Bertz CT molecular complexity index is 980. The molecule has 1 saturated heterocycles. The summed E-state index contributed by atoms with van der Waals surface area (Å²) in [7, 11) is 0. The highest BCUT2D eigenvalue weighted by Gasteiger charge is 2.21. The van der Waals surface area contributed by atoms with Gasteiger partial charge in [-0.05, 0) is 31.0 Å². The van der Waals surface area contributed by atoms with Crippen molar-refractivity contribution in [2.75, 3.05) is 13.2 Å². The van der Waals surface area contributed by atoms with E-state index in [1.807, 2.05) is 24.3 Å². The third-order valence-corrected chi connectivity index (χ3v) is 4.69. The van der Waals surface area contributed by atoms with Crippen LogP contribution in [0.5, 0.6) is 0 Å². The van der Waals surface area contributed by atoms with Crippen LogP contribution in [0.2, 0.25) is 0 Å². The maximum Gasteiger partial charge on any atom is 0.280 e. The second kappa shape index (κ2) is 6.22. The fraction of sp³-hybridized carbons (Fsp3) is 0.263. The van der Waals surface area contributed by atoms with Crippen molar-refractivity contribution in [3.63, 3.8) is 0 Å². The van der Waals surface area contributed by atoms with E-state index < -0.39 is 5.91 Å². The Balaban J connectivity index is 1.95. The van der Waals surface area contributed by atoms with Gasteiger partial charge < -0.3 is 20.8 Å². The number of carbonyl (C=O) groups excluding carboxylic acids is 1. The Kier molecular flexibility index (Phi) is 3.89. The summed E-state index contributed by atoms with van der Waals surface area (Å²) >= 11 is 0. The van der Waals surface area contributed by atoms with Gasteiger partial charge in [0.15, 0.2) is 5.96 Å². The third kappa shape index (κ3) is 2.74. The van der Waals surface area contributed by atoms with E-state index in [9.17, 15) is 4.79 Å². The van der Waals surface area contributed by atoms with Crippen molar-refractivity contribution in [2.24, 2.45) is 16.5 Å². The molecule has 1 unspecified atom stereocenters. The maximum absolute atomic E-state index is 12.2. The van der Waals surface area contributed by atoms with Gasteiger partial charge in [0.1, 0.15) is 0 Å². The summed E-state index contributed by atoms with van der Waals surface area (Å²) in [6, 6.07) is 14.1. The fourth-order valence-electron chi connectivity index (χ4n) is 3.64. The number of para-hydroxylation sites is 1. The van der Waals surface area contributed by atoms with Crippen molar-refractivity contribution in [1.29, 1.82) is 0 Å². The highest BCUT2D eigenvalue weighted by Crippen LogP contribution is 2.35. The molecule has 4 rings (SSSR count). The lowest BCUT2D eigenvalue weighted by Gasteiger charge is -2.25. The zero-order valence-electron chi connectivity index (χ0n) is 13.8. The van der Waals surface area contributed by atoms with Crippen molar-refractivity contribution in [1.82, 2.24) is 4.57 Å². The number of nitrogens with zero attached hydrogens (tertiary/aromatic N) is 2. The predicted octanol–water partition coefficient (Wildman–Crippen LogP) is 2.56. The first kappa shape index (κ1) is 15.7. The molecule has 0 spiro atoms. The first-order chi connectivity index (χ1) is 12.1. The highest BCUT2D eigenvalue weighted by atomic mass is 16.5. The molecule has 1 aliphatic rings. The molecular formula is C19H20N4O2. The average molecular weight is 336 g/mol. The number of benzene rings is 2. The monoisotopic (exact) mass is 336 g/mol. The van der Waals surface area contributed by atoms with E-state index >= 15 is 0 Å². The van der Waals surface area contributed by atoms with E-state index in [2.05, 4.69) is 21.7 Å². The van der Waals surface area contributed by atoms with E-state index in [1.165, 1.54) is 5.39 Å². The van der Waals surface area contributed by atoms with Gasteiger partial charge in [0.25, 0.3) is 5.91 Å². The van der Waals surface area contributed by atoms with Gasteiger partial charge in [-0.1, -0.05) is 24.3 Å². The van der Waals surface area contributed by atoms with Gasteiger partial charge in [-0.3, -0.25) is 4.79 Å². The van der Waals surface area contributed by atoms with Crippen molar-refractivity contribution in [2.45, 2.75) is 18.9 Å². The summed E-state index contributed by atoms with van der Waals surface area (Å²) in [6.45, 7) is 1.49. The molecule has 6 nitrogen and oxygen atoms in total. The SMILES string of the molecule is NC(N)=NC(=O)c1ccc2c3ccccc3n(C3CCCOC3)c2c1. The summed E-state index contributed by atoms with van der Waals surface area (Å²) in [6.07, 6.45) is 2.09. The maximum atomic E-state index is 12.2. The van der Waals surface area contributed by atoms with Crippen LogP contribution in [0.1, 0.15) is 29.2 Å². The Morgan fingerprint density at radius 2 is 1.92 bits per heavy atom. The van der Waals surface area contributed by atoms with Gasteiger partial charge in [0.2, 0.25) is 0 Å². The number of fused-ring (bicyclic) bond motifs is 3. The molecule has 128 valence electrons. The summed E-state index contributed by atoms with van der Waals surface area (Å²) in [5, 5.41) is 2.28. The molecule has 1 aliphatic heterocycles. The van der Waals surface area contributed by atoms with Crippen molar-refractivity contribution in [3.8, 4) is 0 Å². The van der Waals surface area contributed by atoms with Crippen LogP contribution in [0.4, 0.5) is 0 Å². The average Bonchev–Trinajstić information content (AvgIpc) is 2.95. The molecule has 1 amide bonds. The van der Waals surface area contributed by atoms with Crippen LogP contribution in [0.15, 0.2) is 47.5 Å². The molecule has 2 heterocycles. The molecule has 6 heteroatoms. The second-order valence-electron chi connectivity index (χ2n) is 6.33. The van der Waals surface area contributed by atoms with Gasteiger partial charge in [0, 0.05) is 28.5 Å². The smallest absolute Gasteiger partial charge is 0.280 e. The van der Waals surface area contributed by atoms with Crippen LogP contribution < -0.4 is 11.5 Å². The summed E-state index contributed by atoms with van der Waals surface area (Å²) < 4.78 is 7.98. The summed E-state index contributed by atoms with van der Waals surface area (Å²) in [4.78, 5) is 15.9. The number of aromatic nitrogens is 1. The van der Waals surface area contributed by atoms with Crippen LogP contribution in [-0.4, -0.2) is 29.6 Å². The van der Waals surface area contributed by atoms with Gasteiger partial charge in [-0.15, -0.1) is 0 Å². The lowest BCUT2D eigenvalue weighted by Crippen LogP contribution is -2.24. The normalized spacial score (nSPS) is 17.7. The number of nitrogens with two attached hydrogens (primary N) is 2. The van der Waals surface area contributed by atoms with Crippen LogP contribution in [0.3, 0.4) is 0 Å². The third-order valence-electron chi connectivity index (χ3n) is 4.69. The van der Waals surface area contributed by atoms with Crippen molar-refractivity contribution >= 4 is 33.7 Å². The Labute approximate surface area is 145 Å². The second-order valence-corrected chi connectivity index (χ2v) is 6.33. The van der Waals surface area contributed by atoms with Gasteiger partial charge in [-0.2, -0.15) is 4.99 Å². The quantitative estimate of drug-likeness (QED) is 0.555. The minimum atomic E-state index is -0.432. The lowest BCUT2D eigenvalue weighted by molar-refractivity contribution is 0.0619. The topological polar surface area (TPSA) is 95.6 Å². The number of amides is 1. The molecule has 3 aromatic rings. The van der Waals surface area contributed by atoms with Crippen LogP contribution >= 0.6 is 0 Å². The Morgan fingerprint density at radius 1 is 1.12 bits per heavy atom. The zero-order valence-corrected chi connectivity index (χ0v) is 13.8. The van der Waals surface area contributed by atoms with E-state index in [4.69, 9.17) is 16.2 Å². The standard InChI is InChI=1S/C19H20N4O2/c20-19(21)22-18(24)12-7-8-15-14-5-1-2-6-16(14)23(17(15)10-12)13-4-3-9-25-11-13/h1-2,5-8,10,13H,3-4,9,11H2,(H4,20,21,22,24). The highest BCUT2D eigenvalue weighted by molar-refractivity contribution is 6.11. The van der Waals surface area contributed by atoms with E-state index in [0.717, 1.165) is 35.9 Å². The first-order valence-electron chi connectivity index (χ1n) is 8.39. The predicted molar refractivity (Wildman–Crippen MR) is 98.7 cm³/mol. The van der Waals surface area contributed by atoms with Crippen LogP contribution in [-0.2, 0) is 4.74 Å². The molecule has 1 atom stereocenters. The molecule has 0 bridgehead atoms. The molecule has 0 radical (unpaired) electrons. The van der Waals surface area contributed by atoms with Crippen molar-refractivity contribution in [3.05, 3.63) is 48.0 Å². The zero-order chi connectivity index (χ0) is 17.4. The summed E-state index contributed by atoms with van der Waals surface area (Å²) in [5.41, 5.74) is 13.3. The molecule has 0 saturated carbocycles. The van der Waals surface area contributed by atoms with Gasteiger partial charge in [0.05, 0.1) is 18.2 Å². The Morgan fingerprint density at radius 3 is 2.68 bits per heavy atom. The number of rotatable bonds is 2. The number of hydrogen-bond acceptors (Lipinski definition) is 2. The molecule has 1 fully saturated rings. The Hall–Kier alpha value is -2.86. The number of hydrogen-bond donors (Lipinski definition) is 2. The van der Waals surface area contributed by atoms with Gasteiger partial charge in [-0.25, -0.2) is 0 Å². The molecule has 25 heavy (non-hydrogen) atoms. The summed E-state index contributed by atoms with van der Waals surface area (Å²) in [5.74, 6) is -0.662. The number of guanidine groups is 1. The molecule has 1 aromatic heterocycles. The van der Waals surface area contributed by atoms with E-state index in [-0.39, 0.29) is 12.0 Å². The van der Waals surface area contributed by atoms with Gasteiger partial charge >= 0.3 is 0 Å². The van der Waals surface area contributed by atoms with E-state index in [0.29, 0.717) is 12.2 Å². The molecule has 4 N–H and O–H groups in total. The minimum absolute atomic E-state index is 0.230.